The highest BCUT2D eigenvalue weighted by molar-refractivity contribution is 5.49. The van der Waals surface area contributed by atoms with E-state index in [0.717, 1.165) is 5.92 Å². The van der Waals surface area contributed by atoms with Gasteiger partial charge in [0.05, 0.1) is 11.9 Å². The van der Waals surface area contributed by atoms with Crippen LogP contribution in [0.3, 0.4) is 0 Å². The van der Waals surface area contributed by atoms with Gasteiger partial charge in [0.2, 0.25) is 0 Å². The number of fused-ring (bicyclic) bond motifs is 2. The molecule has 2 heteroatoms. The van der Waals surface area contributed by atoms with Gasteiger partial charge in [-0.1, -0.05) is 20.8 Å². The Labute approximate surface area is 110 Å². The molecule has 0 amide bonds. The molecule has 0 radical (unpaired) electrons. The Kier molecular flexibility index (Phi) is 2.48. The summed E-state index contributed by atoms with van der Waals surface area (Å²) in [5, 5.41) is 3.77. The number of hydrogen-bond acceptors (Lipinski definition) is 2. The van der Waals surface area contributed by atoms with Crippen LogP contribution < -0.4 is 5.32 Å². The van der Waals surface area contributed by atoms with Crippen LogP contribution in [0, 0.1) is 23.7 Å². The van der Waals surface area contributed by atoms with Crippen LogP contribution in [0.5, 0.6) is 0 Å². The van der Waals surface area contributed by atoms with Gasteiger partial charge in [0, 0.05) is 12.2 Å². The van der Waals surface area contributed by atoms with Gasteiger partial charge in [-0.15, -0.1) is 0 Å². The standard InChI is InChI=1S/C16H24N2/c1-11-6-8-17-10-13(11)18-14-9-12-5-7-16(14,4)15(12,2)3/h6,8,10,12,14,18H,5,7,9H2,1-4H3. The Balaban J connectivity index is 1.86. The molecule has 1 heterocycles. The third kappa shape index (κ3) is 1.44. The molecule has 2 aliphatic carbocycles. The van der Waals surface area contributed by atoms with Gasteiger partial charge >= 0.3 is 0 Å². The molecular weight excluding hydrogens is 220 g/mol. The molecule has 1 N–H and O–H groups in total. The minimum Gasteiger partial charge on any atom is -0.380 e. The summed E-state index contributed by atoms with van der Waals surface area (Å²) in [6.07, 6.45) is 7.93. The van der Waals surface area contributed by atoms with Crippen LogP contribution in [0.4, 0.5) is 5.69 Å². The van der Waals surface area contributed by atoms with Crippen molar-refractivity contribution in [2.45, 2.75) is 53.0 Å². The lowest BCUT2D eigenvalue weighted by molar-refractivity contribution is 0.142. The molecule has 0 aromatic carbocycles. The lowest BCUT2D eigenvalue weighted by Crippen LogP contribution is -2.40. The van der Waals surface area contributed by atoms with Crippen LogP contribution in [0.25, 0.3) is 0 Å². The largest absolute Gasteiger partial charge is 0.380 e. The summed E-state index contributed by atoms with van der Waals surface area (Å²) in [7, 11) is 0. The minimum atomic E-state index is 0.431. The van der Waals surface area contributed by atoms with Crippen molar-refractivity contribution in [3.05, 3.63) is 24.0 Å². The average Bonchev–Trinajstić information content (AvgIpc) is 2.65. The highest BCUT2D eigenvalue weighted by Gasteiger charge is 2.61. The molecule has 0 spiro atoms. The van der Waals surface area contributed by atoms with E-state index in [1.54, 1.807) is 0 Å². The summed E-state index contributed by atoms with van der Waals surface area (Å²) in [5.41, 5.74) is 3.42. The highest BCUT2D eigenvalue weighted by atomic mass is 15.0. The van der Waals surface area contributed by atoms with Crippen LogP contribution >= 0.6 is 0 Å². The molecule has 1 aromatic heterocycles. The Morgan fingerprint density at radius 3 is 2.67 bits per heavy atom. The van der Waals surface area contributed by atoms with Crippen molar-refractivity contribution < 1.29 is 0 Å². The van der Waals surface area contributed by atoms with Crippen LogP contribution in [-0.4, -0.2) is 11.0 Å². The number of aryl methyl sites for hydroxylation is 1. The fraction of sp³-hybridized carbons (Fsp3) is 0.688. The van der Waals surface area contributed by atoms with E-state index in [9.17, 15) is 0 Å². The molecule has 98 valence electrons. The number of anilines is 1. The topological polar surface area (TPSA) is 24.9 Å². The zero-order valence-electron chi connectivity index (χ0n) is 12.0. The zero-order valence-corrected chi connectivity index (χ0v) is 12.0. The number of rotatable bonds is 2. The fourth-order valence-corrected chi connectivity index (χ4v) is 4.22. The third-order valence-electron chi connectivity index (χ3n) is 6.16. The lowest BCUT2D eigenvalue weighted by Gasteiger charge is -2.40. The first kappa shape index (κ1) is 12.0. The molecule has 2 bridgehead atoms. The number of nitrogens with one attached hydrogen (secondary N) is 1. The summed E-state index contributed by atoms with van der Waals surface area (Å²) < 4.78 is 0. The first-order valence-corrected chi connectivity index (χ1v) is 7.12. The Hall–Kier alpha value is -1.05. The molecule has 3 atom stereocenters. The minimum absolute atomic E-state index is 0.431. The molecule has 2 fully saturated rings. The normalized spacial score (nSPS) is 36.9. The maximum absolute atomic E-state index is 4.25. The average molecular weight is 244 g/mol. The van der Waals surface area contributed by atoms with E-state index < -0.39 is 0 Å². The van der Waals surface area contributed by atoms with Crippen molar-refractivity contribution in [1.29, 1.82) is 0 Å². The lowest BCUT2D eigenvalue weighted by atomic mass is 9.69. The van der Waals surface area contributed by atoms with Crippen molar-refractivity contribution >= 4 is 5.69 Å². The van der Waals surface area contributed by atoms with E-state index in [4.69, 9.17) is 0 Å². The zero-order chi connectivity index (χ0) is 13.0. The fourth-order valence-electron chi connectivity index (χ4n) is 4.22. The summed E-state index contributed by atoms with van der Waals surface area (Å²) in [6, 6.07) is 2.69. The van der Waals surface area contributed by atoms with E-state index in [1.165, 1.54) is 30.5 Å². The number of aromatic nitrogens is 1. The van der Waals surface area contributed by atoms with Crippen molar-refractivity contribution in [2.75, 3.05) is 5.32 Å². The molecule has 18 heavy (non-hydrogen) atoms. The van der Waals surface area contributed by atoms with Gasteiger partial charge in [-0.05, 0) is 54.6 Å². The van der Waals surface area contributed by atoms with E-state index in [0.29, 0.717) is 16.9 Å². The maximum Gasteiger partial charge on any atom is 0.0558 e. The van der Waals surface area contributed by atoms with E-state index >= 15 is 0 Å². The maximum atomic E-state index is 4.25. The predicted octanol–water partition coefficient (Wildman–Crippen LogP) is 4.02. The van der Waals surface area contributed by atoms with Gasteiger partial charge in [-0.25, -0.2) is 0 Å². The van der Waals surface area contributed by atoms with Crippen molar-refractivity contribution in [2.24, 2.45) is 16.7 Å². The second-order valence-electron chi connectivity index (χ2n) is 7.00. The molecular formula is C16H24N2. The van der Waals surface area contributed by atoms with Crippen LogP contribution in [-0.2, 0) is 0 Å². The van der Waals surface area contributed by atoms with Gasteiger partial charge in [-0.3, -0.25) is 4.98 Å². The third-order valence-corrected chi connectivity index (χ3v) is 6.16. The van der Waals surface area contributed by atoms with E-state index in [2.05, 4.69) is 44.1 Å². The molecule has 0 saturated heterocycles. The smallest absolute Gasteiger partial charge is 0.0558 e. The summed E-state index contributed by atoms with van der Waals surface area (Å²) in [6.45, 7) is 9.55. The molecule has 2 saturated carbocycles. The van der Waals surface area contributed by atoms with E-state index in [1.807, 2.05) is 12.4 Å². The summed E-state index contributed by atoms with van der Waals surface area (Å²) in [4.78, 5) is 4.25. The monoisotopic (exact) mass is 244 g/mol. The Morgan fingerprint density at radius 1 is 1.33 bits per heavy atom. The Morgan fingerprint density at radius 2 is 2.11 bits per heavy atom. The summed E-state index contributed by atoms with van der Waals surface area (Å²) in [5.74, 6) is 0.886. The number of pyridine rings is 1. The molecule has 1 aromatic rings. The second kappa shape index (κ2) is 3.72. The molecule has 2 nitrogen and oxygen atoms in total. The number of hydrogen-bond donors (Lipinski definition) is 1. The molecule has 0 aliphatic heterocycles. The number of nitrogens with zero attached hydrogens (tertiary/aromatic N) is 1. The van der Waals surface area contributed by atoms with Crippen LogP contribution in [0.1, 0.15) is 45.6 Å². The van der Waals surface area contributed by atoms with E-state index in [-0.39, 0.29) is 0 Å². The second-order valence-corrected chi connectivity index (χ2v) is 7.00. The predicted molar refractivity (Wildman–Crippen MR) is 75.6 cm³/mol. The van der Waals surface area contributed by atoms with Crippen molar-refractivity contribution in [3.8, 4) is 0 Å². The van der Waals surface area contributed by atoms with Gasteiger partial charge in [0.15, 0.2) is 0 Å². The van der Waals surface area contributed by atoms with Crippen LogP contribution in [0.2, 0.25) is 0 Å². The molecule has 3 unspecified atom stereocenters. The summed E-state index contributed by atoms with van der Waals surface area (Å²) >= 11 is 0. The molecule has 2 aliphatic rings. The van der Waals surface area contributed by atoms with Gasteiger partial charge in [0.25, 0.3) is 0 Å². The van der Waals surface area contributed by atoms with Gasteiger partial charge in [0.1, 0.15) is 0 Å². The first-order chi connectivity index (χ1) is 8.45. The van der Waals surface area contributed by atoms with Gasteiger partial charge < -0.3 is 5.32 Å². The van der Waals surface area contributed by atoms with Gasteiger partial charge in [-0.2, -0.15) is 0 Å². The first-order valence-electron chi connectivity index (χ1n) is 7.12. The highest BCUT2D eigenvalue weighted by Crippen LogP contribution is 2.65. The Bertz CT molecular complexity index is 466. The quantitative estimate of drug-likeness (QED) is 0.850. The van der Waals surface area contributed by atoms with Crippen LogP contribution in [0.15, 0.2) is 18.5 Å². The SMILES string of the molecule is Cc1ccncc1NC1CC2CCC1(C)C2(C)C. The molecule has 3 rings (SSSR count). The van der Waals surface area contributed by atoms with Crippen molar-refractivity contribution in [1.82, 2.24) is 4.98 Å². The van der Waals surface area contributed by atoms with Crippen molar-refractivity contribution in [3.63, 3.8) is 0 Å².